The first-order chi connectivity index (χ1) is 15.9. The van der Waals surface area contributed by atoms with E-state index in [0.717, 1.165) is 28.8 Å². The smallest absolute Gasteiger partial charge is 0.321 e. The molecular weight excluding hydrogens is 418 g/mol. The second-order valence-electron chi connectivity index (χ2n) is 8.30. The maximum atomic E-state index is 11.9. The van der Waals surface area contributed by atoms with Crippen LogP contribution in [0.25, 0.3) is 11.1 Å². The third-order valence-electron chi connectivity index (χ3n) is 5.98. The summed E-state index contributed by atoms with van der Waals surface area (Å²) in [5.41, 5.74) is 5.39. The Kier molecular flexibility index (Phi) is 8.38. The minimum atomic E-state index is -1.01. The van der Waals surface area contributed by atoms with Crippen molar-refractivity contribution in [1.82, 2.24) is 14.9 Å². The fraction of sp³-hybridized carbons (Fsp3) is 0.346. The van der Waals surface area contributed by atoms with Gasteiger partial charge in [0.25, 0.3) is 0 Å². The molecule has 0 radical (unpaired) electrons. The van der Waals surface area contributed by atoms with Crippen LogP contribution in [-0.2, 0) is 22.6 Å². The van der Waals surface area contributed by atoms with Gasteiger partial charge in [-0.05, 0) is 35.6 Å². The van der Waals surface area contributed by atoms with E-state index >= 15 is 0 Å². The van der Waals surface area contributed by atoms with E-state index in [1.54, 1.807) is 12.5 Å². The van der Waals surface area contributed by atoms with Crippen molar-refractivity contribution in [3.63, 3.8) is 0 Å². The molecule has 3 rings (SSSR count). The maximum absolute atomic E-state index is 11.9. The van der Waals surface area contributed by atoms with E-state index in [0.29, 0.717) is 13.0 Å². The van der Waals surface area contributed by atoms with Gasteiger partial charge in [0.1, 0.15) is 6.04 Å². The fourth-order valence-corrected chi connectivity index (χ4v) is 4.03. The Morgan fingerprint density at radius 2 is 1.82 bits per heavy atom. The van der Waals surface area contributed by atoms with Gasteiger partial charge in [0, 0.05) is 31.4 Å². The van der Waals surface area contributed by atoms with Crippen LogP contribution in [0.4, 0.5) is 0 Å². The van der Waals surface area contributed by atoms with E-state index in [-0.39, 0.29) is 13.0 Å². The number of rotatable bonds is 12. The molecule has 0 aliphatic rings. The molecule has 3 aromatic rings. The SMILES string of the molecule is CCCC(CNC(Cc1cncn1Cc1cccc(-c2ccccc2)c1C)C(=O)O)C(=O)O. The Bertz CT molecular complexity index is 1080. The second kappa shape index (κ2) is 11.4. The number of hydrogen-bond acceptors (Lipinski definition) is 4. The molecule has 0 amide bonds. The van der Waals surface area contributed by atoms with E-state index in [4.69, 9.17) is 0 Å². The Labute approximate surface area is 194 Å². The van der Waals surface area contributed by atoms with Gasteiger partial charge >= 0.3 is 11.9 Å². The number of nitrogens with zero attached hydrogens (tertiary/aromatic N) is 2. The van der Waals surface area contributed by atoms with Gasteiger partial charge < -0.3 is 20.1 Å². The first kappa shape index (κ1) is 24.2. The zero-order valence-electron chi connectivity index (χ0n) is 19.1. The van der Waals surface area contributed by atoms with Gasteiger partial charge in [-0.2, -0.15) is 0 Å². The van der Waals surface area contributed by atoms with Gasteiger partial charge in [-0.15, -0.1) is 0 Å². The summed E-state index contributed by atoms with van der Waals surface area (Å²) in [5.74, 6) is -2.52. The summed E-state index contributed by atoms with van der Waals surface area (Å²) in [6, 6.07) is 15.5. The average molecular weight is 450 g/mol. The molecule has 0 fully saturated rings. The lowest BCUT2D eigenvalue weighted by atomic mass is 9.96. The lowest BCUT2D eigenvalue weighted by Crippen LogP contribution is -2.42. The summed E-state index contributed by atoms with van der Waals surface area (Å²) in [6.45, 7) is 4.70. The predicted molar refractivity (Wildman–Crippen MR) is 127 cm³/mol. The number of aliphatic carboxylic acids is 2. The van der Waals surface area contributed by atoms with Crippen molar-refractivity contribution in [1.29, 1.82) is 0 Å². The molecule has 0 saturated heterocycles. The van der Waals surface area contributed by atoms with E-state index in [1.807, 2.05) is 35.8 Å². The summed E-state index contributed by atoms with van der Waals surface area (Å²) < 4.78 is 1.95. The van der Waals surface area contributed by atoms with Crippen molar-refractivity contribution in [3.05, 3.63) is 77.9 Å². The van der Waals surface area contributed by atoms with Crippen LogP contribution in [0, 0.1) is 12.8 Å². The zero-order chi connectivity index (χ0) is 23.8. The highest BCUT2D eigenvalue weighted by molar-refractivity contribution is 5.74. The Morgan fingerprint density at radius 3 is 2.48 bits per heavy atom. The summed E-state index contributed by atoms with van der Waals surface area (Å²) >= 11 is 0. The van der Waals surface area contributed by atoms with Crippen LogP contribution >= 0.6 is 0 Å². The molecule has 33 heavy (non-hydrogen) atoms. The topological polar surface area (TPSA) is 104 Å². The van der Waals surface area contributed by atoms with Gasteiger partial charge in [-0.1, -0.05) is 61.9 Å². The third kappa shape index (κ3) is 6.29. The monoisotopic (exact) mass is 449 g/mol. The van der Waals surface area contributed by atoms with E-state index in [2.05, 4.69) is 41.5 Å². The quantitative estimate of drug-likeness (QED) is 0.386. The third-order valence-corrected chi connectivity index (χ3v) is 5.98. The molecule has 0 aliphatic carbocycles. The first-order valence-electron chi connectivity index (χ1n) is 11.2. The molecular formula is C26H31N3O4. The molecule has 3 N–H and O–H groups in total. The molecule has 1 aromatic heterocycles. The molecule has 174 valence electrons. The molecule has 0 aliphatic heterocycles. The number of nitrogens with one attached hydrogen (secondary N) is 1. The second-order valence-corrected chi connectivity index (χ2v) is 8.30. The summed E-state index contributed by atoms with van der Waals surface area (Å²) in [5, 5.41) is 22.0. The van der Waals surface area contributed by atoms with Crippen LogP contribution < -0.4 is 5.32 Å². The number of hydrogen-bond donors (Lipinski definition) is 3. The molecule has 2 atom stereocenters. The molecule has 7 nitrogen and oxygen atoms in total. The summed E-state index contributed by atoms with van der Waals surface area (Å²) in [7, 11) is 0. The predicted octanol–water partition coefficient (Wildman–Crippen LogP) is 3.99. The average Bonchev–Trinajstić information content (AvgIpc) is 3.23. The molecule has 7 heteroatoms. The number of aromatic nitrogens is 2. The number of imidazole rings is 1. The molecule has 2 unspecified atom stereocenters. The van der Waals surface area contributed by atoms with E-state index < -0.39 is 23.9 Å². The van der Waals surface area contributed by atoms with Crippen LogP contribution in [0.3, 0.4) is 0 Å². The first-order valence-corrected chi connectivity index (χ1v) is 11.2. The van der Waals surface area contributed by atoms with Crippen LogP contribution in [0.5, 0.6) is 0 Å². The van der Waals surface area contributed by atoms with Crippen molar-refractivity contribution in [2.45, 2.75) is 45.7 Å². The van der Waals surface area contributed by atoms with Crippen molar-refractivity contribution in [2.24, 2.45) is 5.92 Å². The van der Waals surface area contributed by atoms with E-state index in [1.165, 1.54) is 5.56 Å². The number of carboxylic acid groups (broad SMARTS) is 2. The number of carbonyl (C=O) groups is 2. The van der Waals surface area contributed by atoms with Gasteiger partial charge in [0.2, 0.25) is 0 Å². The summed E-state index contributed by atoms with van der Waals surface area (Å²) in [4.78, 5) is 27.5. The van der Waals surface area contributed by atoms with Crippen molar-refractivity contribution < 1.29 is 19.8 Å². The highest BCUT2D eigenvalue weighted by Gasteiger charge is 2.23. The largest absolute Gasteiger partial charge is 0.481 e. The van der Waals surface area contributed by atoms with E-state index in [9.17, 15) is 19.8 Å². The van der Waals surface area contributed by atoms with Crippen LogP contribution in [-0.4, -0.2) is 44.3 Å². The van der Waals surface area contributed by atoms with Crippen molar-refractivity contribution in [2.75, 3.05) is 6.54 Å². The van der Waals surface area contributed by atoms with Crippen molar-refractivity contribution >= 4 is 11.9 Å². The Hall–Kier alpha value is -3.45. The van der Waals surface area contributed by atoms with Crippen molar-refractivity contribution in [3.8, 4) is 11.1 Å². The normalized spacial score (nSPS) is 12.9. The molecule has 0 saturated carbocycles. The number of carboxylic acids is 2. The van der Waals surface area contributed by atoms with Crippen LogP contribution in [0.1, 0.15) is 36.6 Å². The highest BCUT2D eigenvalue weighted by Crippen LogP contribution is 2.26. The molecule has 2 aromatic carbocycles. The van der Waals surface area contributed by atoms with Gasteiger partial charge in [0.15, 0.2) is 0 Å². The highest BCUT2D eigenvalue weighted by atomic mass is 16.4. The molecule has 0 spiro atoms. The summed E-state index contributed by atoms with van der Waals surface area (Å²) in [6.07, 6.45) is 4.83. The fourth-order valence-electron chi connectivity index (χ4n) is 4.03. The lowest BCUT2D eigenvalue weighted by Gasteiger charge is -2.19. The minimum Gasteiger partial charge on any atom is -0.481 e. The maximum Gasteiger partial charge on any atom is 0.321 e. The van der Waals surface area contributed by atoms with Gasteiger partial charge in [-0.3, -0.25) is 9.59 Å². The molecule has 1 heterocycles. The zero-order valence-corrected chi connectivity index (χ0v) is 19.1. The standard InChI is InChI=1S/C26H31N3O4/c1-3-8-20(25(30)31)14-28-24(26(32)33)13-22-15-27-17-29(22)16-21-11-7-12-23(18(21)2)19-9-5-4-6-10-19/h4-7,9-12,15,17,20,24,28H,3,8,13-14,16H2,1-2H3,(H,30,31)(H,32,33). The number of benzene rings is 2. The van der Waals surface area contributed by atoms with Gasteiger partial charge in [-0.25, -0.2) is 4.98 Å². The Balaban J connectivity index is 1.75. The molecule has 0 bridgehead atoms. The minimum absolute atomic E-state index is 0.118. The van der Waals surface area contributed by atoms with Crippen LogP contribution in [0.15, 0.2) is 61.1 Å². The Morgan fingerprint density at radius 1 is 1.06 bits per heavy atom. The van der Waals surface area contributed by atoms with Gasteiger partial charge in [0.05, 0.1) is 12.2 Å². The lowest BCUT2D eigenvalue weighted by molar-refractivity contribution is -0.143. The van der Waals surface area contributed by atoms with Crippen LogP contribution in [0.2, 0.25) is 0 Å².